The lowest BCUT2D eigenvalue weighted by atomic mass is 9.98. The van der Waals surface area contributed by atoms with Crippen LogP contribution >= 0.6 is 0 Å². The minimum absolute atomic E-state index is 0.156. The zero-order valence-electron chi connectivity index (χ0n) is 11.7. The molecule has 0 aliphatic heterocycles. The molecule has 0 fully saturated rings. The molecule has 1 unspecified atom stereocenters. The predicted octanol–water partition coefficient (Wildman–Crippen LogP) is 2.19. The molecule has 3 rings (SSSR count). The van der Waals surface area contributed by atoms with Crippen molar-refractivity contribution in [1.82, 2.24) is 15.4 Å². The van der Waals surface area contributed by atoms with Gasteiger partial charge in [-0.3, -0.25) is 15.8 Å². The molecule has 0 saturated carbocycles. The highest BCUT2D eigenvalue weighted by Gasteiger charge is 2.16. The SMILES string of the molecule is COc1ccc(C(NN)c2cccc3nccnc23)cc1. The van der Waals surface area contributed by atoms with Crippen molar-refractivity contribution >= 4 is 11.0 Å². The fraction of sp³-hybridized carbons (Fsp3) is 0.125. The molecule has 0 saturated heterocycles. The first-order valence-electron chi connectivity index (χ1n) is 6.63. The lowest BCUT2D eigenvalue weighted by Gasteiger charge is -2.18. The summed E-state index contributed by atoms with van der Waals surface area (Å²) in [5.74, 6) is 6.58. The Morgan fingerprint density at radius 1 is 1.05 bits per heavy atom. The maximum absolute atomic E-state index is 5.77. The standard InChI is InChI=1S/C16H16N4O/c1-21-12-7-5-11(6-8-12)15(20-17)13-3-2-4-14-16(13)19-10-9-18-14/h2-10,15,20H,17H2,1H3. The molecule has 5 heteroatoms. The van der Waals surface area contributed by atoms with Gasteiger partial charge in [-0.15, -0.1) is 0 Å². The van der Waals surface area contributed by atoms with E-state index < -0.39 is 0 Å². The minimum Gasteiger partial charge on any atom is -0.497 e. The number of nitrogens with two attached hydrogens (primary N) is 1. The maximum atomic E-state index is 5.77. The Hall–Kier alpha value is -2.50. The van der Waals surface area contributed by atoms with Gasteiger partial charge in [0.15, 0.2) is 0 Å². The van der Waals surface area contributed by atoms with Crippen LogP contribution in [-0.4, -0.2) is 17.1 Å². The number of rotatable bonds is 4. The van der Waals surface area contributed by atoms with E-state index in [1.165, 1.54) is 0 Å². The number of para-hydroxylation sites is 1. The van der Waals surface area contributed by atoms with Crippen molar-refractivity contribution in [1.29, 1.82) is 0 Å². The molecule has 1 atom stereocenters. The number of benzene rings is 2. The lowest BCUT2D eigenvalue weighted by Crippen LogP contribution is -2.29. The first-order valence-corrected chi connectivity index (χ1v) is 6.63. The van der Waals surface area contributed by atoms with Crippen molar-refractivity contribution in [3.8, 4) is 5.75 Å². The molecule has 1 aromatic heterocycles. The Morgan fingerprint density at radius 3 is 2.52 bits per heavy atom. The van der Waals surface area contributed by atoms with Crippen LogP contribution in [0.2, 0.25) is 0 Å². The van der Waals surface area contributed by atoms with E-state index in [2.05, 4.69) is 15.4 Å². The van der Waals surface area contributed by atoms with Gasteiger partial charge < -0.3 is 4.74 Å². The van der Waals surface area contributed by atoms with Crippen LogP contribution in [0.5, 0.6) is 5.75 Å². The first kappa shape index (κ1) is 13.5. The predicted molar refractivity (Wildman–Crippen MR) is 81.7 cm³/mol. The Kier molecular flexibility index (Phi) is 3.77. The van der Waals surface area contributed by atoms with E-state index in [-0.39, 0.29) is 6.04 Å². The Bertz CT molecular complexity index is 737. The summed E-state index contributed by atoms with van der Waals surface area (Å²) in [5.41, 5.74) is 6.58. The summed E-state index contributed by atoms with van der Waals surface area (Å²) in [4.78, 5) is 8.76. The summed E-state index contributed by atoms with van der Waals surface area (Å²) in [7, 11) is 1.65. The fourth-order valence-corrected chi connectivity index (χ4v) is 2.41. The molecule has 1 heterocycles. The summed E-state index contributed by atoms with van der Waals surface area (Å²) in [6, 6.07) is 13.5. The molecule has 0 aliphatic carbocycles. The van der Waals surface area contributed by atoms with Crippen molar-refractivity contribution in [3.63, 3.8) is 0 Å². The third-order valence-electron chi connectivity index (χ3n) is 3.46. The molecule has 0 spiro atoms. The van der Waals surface area contributed by atoms with Crippen LogP contribution in [0, 0.1) is 0 Å². The topological polar surface area (TPSA) is 73.1 Å². The second-order valence-electron chi connectivity index (χ2n) is 4.64. The van der Waals surface area contributed by atoms with Gasteiger partial charge in [0.1, 0.15) is 5.75 Å². The lowest BCUT2D eigenvalue weighted by molar-refractivity contribution is 0.414. The molecular formula is C16H16N4O. The zero-order valence-corrected chi connectivity index (χ0v) is 11.7. The van der Waals surface area contributed by atoms with Gasteiger partial charge in [-0.25, -0.2) is 5.43 Å². The molecular weight excluding hydrogens is 264 g/mol. The quantitative estimate of drug-likeness (QED) is 0.566. The molecule has 21 heavy (non-hydrogen) atoms. The van der Waals surface area contributed by atoms with Crippen LogP contribution < -0.4 is 16.0 Å². The number of methoxy groups -OCH3 is 1. The largest absolute Gasteiger partial charge is 0.497 e. The summed E-state index contributed by atoms with van der Waals surface area (Å²) < 4.78 is 5.18. The fourth-order valence-electron chi connectivity index (χ4n) is 2.41. The average Bonchev–Trinajstić information content (AvgIpc) is 2.56. The van der Waals surface area contributed by atoms with Crippen LogP contribution in [0.4, 0.5) is 0 Å². The minimum atomic E-state index is -0.156. The van der Waals surface area contributed by atoms with Gasteiger partial charge >= 0.3 is 0 Å². The average molecular weight is 280 g/mol. The summed E-state index contributed by atoms with van der Waals surface area (Å²) in [6.07, 6.45) is 3.37. The third kappa shape index (κ3) is 2.56. The molecule has 0 aliphatic rings. The van der Waals surface area contributed by atoms with Crippen LogP contribution in [0.3, 0.4) is 0 Å². The number of hydrazine groups is 1. The summed E-state index contributed by atoms with van der Waals surface area (Å²) >= 11 is 0. The van der Waals surface area contributed by atoms with E-state index in [9.17, 15) is 0 Å². The molecule has 2 aromatic carbocycles. The Labute approximate surface area is 122 Å². The van der Waals surface area contributed by atoms with E-state index in [4.69, 9.17) is 10.6 Å². The third-order valence-corrected chi connectivity index (χ3v) is 3.46. The van der Waals surface area contributed by atoms with Gasteiger partial charge in [-0.1, -0.05) is 24.3 Å². The summed E-state index contributed by atoms with van der Waals surface area (Å²) in [5, 5.41) is 0. The van der Waals surface area contributed by atoms with Crippen molar-refractivity contribution < 1.29 is 4.74 Å². The van der Waals surface area contributed by atoms with E-state index >= 15 is 0 Å². The van der Waals surface area contributed by atoms with Crippen molar-refractivity contribution in [2.24, 2.45) is 5.84 Å². The maximum Gasteiger partial charge on any atom is 0.118 e. The number of nitrogens with zero attached hydrogens (tertiary/aromatic N) is 2. The van der Waals surface area contributed by atoms with E-state index in [1.807, 2.05) is 42.5 Å². The highest BCUT2D eigenvalue weighted by molar-refractivity contribution is 5.78. The number of hydrogen-bond donors (Lipinski definition) is 2. The number of fused-ring (bicyclic) bond motifs is 1. The number of hydrogen-bond acceptors (Lipinski definition) is 5. The second-order valence-corrected chi connectivity index (χ2v) is 4.64. The normalized spacial score (nSPS) is 12.3. The van der Waals surface area contributed by atoms with Gasteiger partial charge in [0.25, 0.3) is 0 Å². The molecule has 0 radical (unpaired) electrons. The van der Waals surface area contributed by atoms with Gasteiger partial charge in [-0.05, 0) is 23.8 Å². The van der Waals surface area contributed by atoms with Crippen LogP contribution in [0.1, 0.15) is 17.2 Å². The Balaban J connectivity index is 2.09. The van der Waals surface area contributed by atoms with Gasteiger partial charge in [0.2, 0.25) is 0 Å². The number of nitrogens with one attached hydrogen (secondary N) is 1. The molecule has 0 amide bonds. The highest BCUT2D eigenvalue weighted by Crippen LogP contribution is 2.27. The van der Waals surface area contributed by atoms with E-state index in [1.54, 1.807) is 19.5 Å². The summed E-state index contributed by atoms with van der Waals surface area (Å²) in [6.45, 7) is 0. The first-order chi connectivity index (χ1) is 10.3. The Morgan fingerprint density at radius 2 is 1.81 bits per heavy atom. The molecule has 106 valence electrons. The van der Waals surface area contributed by atoms with Gasteiger partial charge in [0, 0.05) is 18.0 Å². The smallest absolute Gasteiger partial charge is 0.118 e. The zero-order chi connectivity index (χ0) is 14.7. The molecule has 3 aromatic rings. The van der Waals surface area contributed by atoms with Crippen molar-refractivity contribution in [3.05, 3.63) is 66.0 Å². The van der Waals surface area contributed by atoms with E-state index in [0.29, 0.717) is 0 Å². The van der Waals surface area contributed by atoms with Gasteiger partial charge in [-0.2, -0.15) is 0 Å². The van der Waals surface area contributed by atoms with Crippen LogP contribution in [-0.2, 0) is 0 Å². The second kappa shape index (κ2) is 5.87. The highest BCUT2D eigenvalue weighted by atomic mass is 16.5. The van der Waals surface area contributed by atoms with Crippen molar-refractivity contribution in [2.45, 2.75) is 6.04 Å². The van der Waals surface area contributed by atoms with Crippen LogP contribution in [0.25, 0.3) is 11.0 Å². The number of ether oxygens (including phenoxy) is 1. The monoisotopic (exact) mass is 280 g/mol. The molecule has 3 N–H and O–H groups in total. The number of aromatic nitrogens is 2. The van der Waals surface area contributed by atoms with Crippen LogP contribution in [0.15, 0.2) is 54.9 Å². The van der Waals surface area contributed by atoms with E-state index in [0.717, 1.165) is 27.9 Å². The molecule has 5 nitrogen and oxygen atoms in total. The van der Waals surface area contributed by atoms with Gasteiger partial charge in [0.05, 0.1) is 24.2 Å². The van der Waals surface area contributed by atoms with Crippen molar-refractivity contribution in [2.75, 3.05) is 7.11 Å². The molecule has 0 bridgehead atoms.